The molecule has 0 aliphatic heterocycles. The van der Waals surface area contributed by atoms with Gasteiger partial charge in [-0.1, -0.05) is 104 Å². The first-order valence-corrected chi connectivity index (χ1v) is 13.1. The smallest absolute Gasteiger partial charge is 0.0689 e. The zero-order chi connectivity index (χ0) is 20.1. The molecular formula is C27H49N. The third-order valence-corrected chi connectivity index (χ3v) is 8.23. The van der Waals surface area contributed by atoms with Gasteiger partial charge in [0.2, 0.25) is 0 Å². The van der Waals surface area contributed by atoms with Gasteiger partial charge in [0.05, 0.1) is 11.5 Å². The molecule has 0 aromatic rings. The highest BCUT2D eigenvalue weighted by Crippen LogP contribution is 2.45. The lowest BCUT2D eigenvalue weighted by Crippen LogP contribution is -2.27. The van der Waals surface area contributed by atoms with Crippen molar-refractivity contribution in [3.63, 3.8) is 0 Å². The lowest BCUT2D eigenvalue weighted by Gasteiger charge is -2.37. The van der Waals surface area contributed by atoms with Gasteiger partial charge < -0.3 is 0 Å². The van der Waals surface area contributed by atoms with Crippen LogP contribution in [0.15, 0.2) is 0 Å². The average Bonchev–Trinajstić information content (AvgIpc) is 2.74. The largest absolute Gasteiger partial charge is 0.198 e. The van der Waals surface area contributed by atoms with Gasteiger partial charge in [-0.05, 0) is 56.3 Å². The standard InChI is InChI=1S/C27H49N/c1-3-5-7-8-10-12-25-17-20-27(23-28,21-18-25)22-19-26-15-13-24(14-16-26)11-9-6-4-2/h24-26H,3-22H2,1-2H3. The van der Waals surface area contributed by atoms with Gasteiger partial charge in [0.1, 0.15) is 0 Å². The fourth-order valence-corrected chi connectivity index (χ4v) is 5.95. The van der Waals surface area contributed by atoms with Crippen LogP contribution in [0.2, 0.25) is 0 Å². The summed E-state index contributed by atoms with van der Waals surface area (Å²) in [6.07, 6.45) is 27.5. The second-order valence-electron chi connectivity index (χ2n) is 10.5. The van der Waals surface area contributed by atoms with Crippen molar-refractivity contribution in [3.8, 4) is 6.07 Å². The molecule has 2 fully saturated rings. The fourth-order valence-electron chi connectivity index (χ4n) is 5.95. The number of nitriles is 1. The van der Waals surface area contributed by atoms with Crippen LogP contribution in [0.4, 0.5) is 0 Å². The minimum absolute atomic E-state index is 0.0384. The maximum Gasteiger partial charge on any atom is 0.0689 e. The number of unbranched alkanes of at least 4 members (excludes halogenated alkanes) is 6. The van der Waals surface area contributed by atoms with Gasteiger partial charge in [-0.15, -0.1) is 0 Å². The van der Waals surface area contributed by atoms with Crippen molar-refractivity contribution in [2.24, 2.45) is 23.2 Å². The van der Waals surface area contributed by atoms with Gasteiger partial charge >= 0.3 is 0 Å². The van der Waals surface area contributed by atoms with Gasteiger partial charge in [-0.3, -0.25) is 0 Å². The van der Waals surface area contributed by atoms with Gasteiger partial charge in [0.15, 0.2) is 0 Å². The summed E-state index contributed by atoms with van der Waals surface area (Å²) in [5.74, 6) is 2.85. The Balaban J connectivity index is 1.61. The lowest BCUT2D eigenvalue weighted by atomic mass is 9.66. The SMILES string of the molecule is CCCCCCCC1CCC(C#N)(CCC2CCC(CCCCC)CC2)CC1. The molecule has 0 spiro atoms. The number of nitrogens with zero attached hydrogens (tertiary/aromatic N) is 1. The molecule has 0 N–H and O–H groups in total. The highest BCUT2D eigenvalue weighted by atomic mass is 14.4. The Hall–Kier alpha value is -0.510. The van der Waals surface area contributed by atoms with Crippen LogP contribution in [0.25, 0.3) is 0 Å². The van der Waals surface area contributed by atoms with E-state index in [-0.39, 0.29) is 5.41 Å². The van der Waals surface area contributed by atoms with E-state index < -0.39 is 0 Å². The van der Waals surface area contributed by atoms with Crippen molar-refractivity contribution < 1.29 is 0 Å². The van der Waals surface area contributed by atoms with E-state index in [4.69, 9.17) is 0 Å². The molecule has 1 nitrogen and oxygen atoms in total. The molecule has 0 unspecified atom stereocenters. The van der Waals surface area contributed by atoms with Crippen LogP contribution >= 0.6 is 0 Å². The van der Waals surface area contributed by atoms with Crippen LogP contribution in [0.1, 0.15) is 142 Å². The van der Waals surface area contributed by atoms with Crippen molar-refractivity contribution >= 4 is 0 Å². The second-order valence-corrected chi connectivity index (χ2v) is 10.5. The molecule has 0 heterocycles. The van der Waals surface area contributed by atoms with E-state index in [2.05, 4.69) is 19.9 Å². The molecule has 0 aromatic carbocycles. The molecule has 162 valence electrons. The van der Waals surface area contributed by atoms with Crippen LogP contribution < -0.4 is 0 Å². The van der Waals surface area contributed by atoms with E-state index in [0.717, 1.165) is 17.8 Å². The summed E-state index contributed by atoms with van der Waals surface area (Å²) in [7, 11) is 0. The molecule has 0 saturated heterocycles. The Labute approximate surface area is 177 Å². The Bertz CT molecular complexity index is 418. The topological polar surface area (TPSA) is 23.8 Å². The molecule has 0 amide bonds. The van der Waals surface area contributed by atoms with E-state index >= 15 is 0 Å². The highest BCUT2D eigenvalue weighted by Gasteiger charge is 2.36. The van der Waals surface area contributed by atoms with Crippen LogP contribution in [0.3, 0.4) is 0 Å². The van der Waals surface area contributed by atoms with Crippen LogP contribution in [0, 0.1) is 34.5 Å². The van der Waals surface area contributed by atoms with Crippen molar-refractivity contribution in [3.05, 3.63) is 0 Å². The van der Waals surface area contributed by atoms with E-state index in [1.54, 1.807) is 0 Å². The first-order valence-electron chi connectivity index (χ1n) is 13.1. The predicted molar refractivity (Wildman–Crippen MR) is 122 cm³/mol. The molecule has 2 aliphatic rings. The summed E-state index contributed by atoms with van der Waals surface area (Å²) in [4.78, 5) is 0. The summed E-state index contributed by atoms with van der Waals surface area (Å²) in [6.45, 7) is 4.60. The third kappa shape index (κ3) is 8.47. The van der Waals surface area contributed by atoms with Crippen LogP contribution in [-0.4, -0.2) is 0 Å². The maximum absolute atomic E-state index is 9.94. The molecule has 2 aliphatic carbocycles. The Morgan fingerprint density at radius 1 is 0.643 bits per heavy atom. The van der Waals surface area contributed by atoms with Crippen molar-refractivity contribution in [1.29, 1.82) is 5.26 Å². The molecule has 0 aromatic heterocycles. The van der Waals surface area contributed by atoms with Gasteiger partial charge in [-0.2, -0.15) is 5.26 Å². The minimum atomic E-state index is 0.0384. The predicted octanol–water partition coefficient (Wildman–Crippen LogP) is 9.21. The van der Waals surface area contributed by atoms with Gasteiger partial charge in [-0.25, -0.2) is 0 Å². The first kappa shape index (κ1) is 23.8. The minimum Gasteiger partial charge on any atom is -0.198 e. The summed E-state index contributed by atoms with van der Waals surface area (Å²) >= 11 is 0. The molecule has 28 heavy (non-hydrogen) atoms. The Kier molecular flexibility index (Phi) is 11.6. The molecule has 1 heteroatoms. The second kappa shape index (κ2) is 13.7. The van der Waals surface area contributed by atoms with Crippen molar-refractivity contribution in [2.45, 2.75) is 142 Å². The Morgan fingerprint density at radius 2 is 1.11 bits per heavy atom. The number of rotatable bonds is 13. The highest BCUT2D eigenvalue weighted by molar-refractivity contribution is 5.01. The number of hydrogen-bond acceptors (Lipinski definition) is 1. The average molecular weight is 388 g/mol. The van der Waals surface area contributed by atoms with E-state index in [1.165, 1.54) is 128 Å². The molecule has 0 bridgehead atoms. The maximum atomic E-state index is 9.94. The molecule has 2 rings (SSSR count). The summed E-state index contributed by atoms with van der Waals surface area (Å²) in [5, 5.41) is 9.94. The normalized spacial score (nSPS) is 30.8. The summed E-state index contributed by atoms with van der Waals surface area (Å²) in [5.41, 5.74) is 0.0384. The summed E-state index contributed by atoms with van der Waals surface area (Å²) < 4.78 is 0. The number of hydrogen-bond donors (Lipinski definition) is 0. The monoisotopic (exact) mass is 387 g/mol. The van der Waals surface area contributed by atoms with Crippen LogP contribution in [-0.2, 0) is 0 Å². The van der Waals surface area contributed by atoms with Gasteiger partial charge in [0, 0.05) is 0 Å². The first-order chi connectivity index (χ1) is 13.7. The molecule has 0 radical (unpaired) electrons. The zero-order valence-electron chi connectivity index (χ0n) is 19.3. The van der Waals surface area contributed by atoms with Gasteiger partial charge in [0.25, 0.3) is 0 Å². The van der Waals surface area contributed by atoms with Crippen molar-refractivity contribution in [2.75, 3.05) is 0 Å². The van der Waals surface area contributed by atoms with Crippen molar-refractivity contribution in [1.82, 2.24) is 0 Å². The fraction of sp³-hybridized carbons (Fsp3) is 0.963. The Morgan fingerprint density at radius 3 is 1.68 bits per heavy atom. The zero-order valence-corrected chi connectivity index (χ0v) is 19.3. The van der Waals surface area contributed by atoms with Crippen LogP contribution in [0.5, 0.6) is 0 Å². The molecule has 0 atom stereocenters. The third-order valence-electron chi connectivity index (χ3n) is 8.23. The quantitative estimate of drug-likeness (QED) is 0.289. The molecular weight excluding hydrogens is 338 g/mol. The molecule has 2 saturated carbocycles. The van der Waals surface area contributed by atoms with E-state index in [1.807, 2.05) is 0 Å². The van der Waals surface area contributed by atoms with E-state index in [9.17, 15) is 5.26 Å². The van der Waals surface area contributed by atoms with E-state index in [0.29, 0.717) is 0 Å². The summed E-state index contributed by atoms with van der Waals surface area (Å²) in [6, 6.07) is 2.80. The lowest BCUT2D eigenvalue weighted by molar-refractivity contribution is 0.162.